The van der Waals surface area contributed by atoms with E-state index in [-0.39, 0.29) is 22.4 Å². The second kappa shape index (κ2) is 9.82. The van der Waals surface area contributed by atoms with Gasteiger partial charge in [-0.3, -0.25) is 10.1 Å². The summed E-state index contributed by atoms with van der Waals surface area (Å²) in [5.41, 5.74) is 0.797. The highest BCUT2D eigenvalue weighted by Crippen LogP contribution is 2.33. The average Bonchev–Trinajstić information content (AvgIpc) is 3.31. The zero-order valence-corrected chi connectivity index (χ0v) is 20.0. The normalized spacial score (nSPS) is 16.7. The van der Waals surface area contributed by atoms with Crippen LogP contribution in [0.4, 0.5) is 6.01 Å². The zero-order valence-electron chi connectivity index (χ0n) is 19.1. The van der Waals surface area contributed by atoms with E-state index in [9.17, 15) is 13.2 Å². The Morgan fingerprint density at radius 2 is 1.88 bits per heavy atom. The highest BCUT2D eigenvalue weighted by molar-refractivity contribution is 7.89. The van der Waals surface area contributed by atoms with E-state index in [2.05, 4.69) is 15.5 Å². The van der Waals surface area contributed by atoms with E-state index in [4.69, 9.17) is 13.9 Å². The topological polar surface area (TPSA) is 124 Å². The Morgan fingerprint density at radius 1 is 1.12 bits per heavy atom. The molecule has 2 aromatic carbocycles. The smallest absolute Gasteiger partial charge is 0.322 e. The fraction of sp³-hybridized carbons (Fsp3) is 0.348. The number of ether oxygens (including phenoxy) is 2. The molecule has 2 heterocycles. The van der Waals surface area contributed by atoms with Gasteiger partial charge in [0.05, 0.1) is 24.7 Å². The number of benzene rings is 2. The van der Waals surface area contributed by atoms with Crippen molar-refractivity contribution in [2.75, 3.05) is 32.6 Å². The number of nitrogens with one attached hydrogen (secondary N) is 1. The van der Waals surface area contributed by atoms with Gasteiger partial charge in [-0.1, -0.05) is 12.0 Å². The molecule has 1 aliphatic heterocycles. The lowest BCUT2D eigenvalue weighted by Gasteiger charge is -2.30. The van der Waals surface area contributed by atoms with Crippen molar-refractivity contribution in [1.29, 1.82) is 0 Å². The Labute approximate surface area is 197 Å². The minimum atomic E-state index is -3.60. The summed E-state index contributed by atoms with van der Waals surface area (Å²) < 4.78 is 43.4. The van der Waals surface area contributed by atoms with Gasteiger partial charge in [-0.15, -0.1) is 5.10 Å². The third-order valence-corrected chi connectivity index (χ3v) is 7.54. The molecule has 11 heteroatoms. The van der Waals surface area contributed by atoms with Crippen LogP contribution in [0.2, 0.25) is 0 Å². The number of amides is 1. The monoisotopic (exact) mass is 486 g/mol. The minimum Gasteiger partial charge on any atom is -0.497 e. The van der Waals surface area contributed by atoms with Gasteiger partial charge in [-0.2, -0.15) is 4.31 Å². The van der Waals surface area contributed by atoms with Crippen LogP contribution in [0.5, 0.6) is 11.5 Å². The van der Waals surface area contributed by atoms with E-state index >= 15 is 0 Å². The molecule has 0 radical (unpaired) electrons. The Hall–Kier alpha value is -3.44. The van der Waals surface area contributed by atoms with E-state index in [1.165, 1.54) is 35.7 Å². The number of nitrogens with zero attached hydrogens (tertiary/aromatic N) is 3. The predicted molar refractivity (Wildman–Crippen MR) is 124 cm³/mol. The van der Waals surface area contributed by atoms with Gasteiger partial charge in [0.25, 0.3) is 11.8 Å². The van der Waals surface area contributed by atoms with E-state index < -0.39 is 15.9 Å². The lowest BCUT2D eigenvalue weighted by Crippen LogP contribution is -2.39. The van der Waals surface area contributed by atoms with Crippen LogP contribution in [0.15, 0.2) is 51.8 Å². The standard InChI is InChI=1S/C23H26N4O6S/c1-15-5-4-12-27(14-15)34(29,30)18-9-6-16(7-10-18)21(28)24-23-26-25-22(33-23)19-11-8-17(31-2)13-20(19)32-3/h6-11,13,15H,4-5,12,14H2,1-3H3,(H,24,26,28)/t15-/m1/s1. The highest BCUT2D eigenvalue weighted by Gasteiger charge is 2.28. The predicted octanol–water partition coefficient (Wildman–Crippen LogP) is 3.43. The number of aromatic nitrogens is 2. The van der Waals surface area contributed by atoms with Crippen LogP contribution in [0, 0.1) is 5.92 Å². The largest absolute Gasteiger partial charge is 0.497 e. The summed E-state index contributed by atoms with van der Waals surface area (Å²) >= 11 is 0. The van der Waals surface area contributed by atoms with Gasteiger partial charge in [-0.05, 0) is 55.2 Å². The lowest BCUT2D eigenvalue weighted by atomic mass is 10.0. The molecule has 180 valence electrons. The molecule has 34 heavy (non-hydrogen) atoms. The maximum atomic E-state index is 12.9. The summed E-state index contributed by atoms with van der Waals surface area (Å²) in [5.74, 6) is 1.06. The van der Waals surface area contributed by atoms with Crippen LogP contribution >= 0.6 is 0 Å². The molecule has 1 aliphatic rings. The van der Waals surface area contributed by atoms with Crippen molar-refractivity contribution >= 4 is 21.9 Å². The first-order valence-electron chi connectivity index (χ1n) is 10.8. The highest BCUT2D eigenvalue weighted by atomic mass is 32.2. The van der Waals surface area contributed by atoms with Crippen molar-refractivity contribution in [2.24, 2.45) is 5.92 Å². The van der Waals surface area contributed by atoms with Crippen LogP contribution in [-0.2, 0) is 10.0 Å². The summed E-state index contributed by atoms with van der Waals surface area (Å²) in [6, 6.07) is 10.8. The molecule has 0 aliphatic carbocycles. The van der Waals surface area contributed by atoms with Gasteiger partial charge >= 0.3 is 6.01 Å². The third kappa shape index (κ3) is 4.90. The van der Waals surface area contributed by atoms with E-state index in [0.717, 1.165) is 12.8 Å². The molecule has 0 saturated carbocycles. The Balaban J connectivity index is 1.46. The van der Waals surface area contributed by atoms with Crippen LogP contribution in [0.3, 0.4) is 0 Å². The average molecular weight is 487 g/mol. The Kier molecular flexibility index (Phi) is 6.85. The van der Waals surface area contributed by atoms with Gasteiger partial charge in [0.2, 0.25) is 10.0 Å². The summed E-state index contributed by atoms with van der Waals surface area (Å²) in [6.07, 6.45) is 1.86. The minimum absolute atomic E-state index is 0.100. The van der Waals surface area contributed by atoms with Crippen LogP contribution in [0.25, 0.3) is 11.5 Å². The molecular weight excluding hydrogens is 460 g/mol. The summed E-state index contributed by atoms with van der Waals surface area (Å²) in [5, 5.41) is 10.4. The van der Waals surface area contributed by atoms with E-state index in [1.807, 2.05) is 6.92 Å². The van der Waals surface area contributed by atoms with Crippen LogP contribution in [0.1, 0.15) is 30.1 Å². The van der Waals surface area contributed by atoms with Gasteiger partial charge in [0.1, 0.15) is 11.5 Å². The molecule has 0 spiro atoms. The third-order valence-electron chi connectivity index (χ3n) is 5.66. The second-order valence-corrected chi connectivity index (χ2v) is 10.0. The van der Waals surface area contributed by atoms with Gasteiger partial charge in [0.15, 0.2) is 0 Å². The Morgan fingerprint density at radius 3 is 2.56 bits per heavy atom. The molecule has 10 nitrogen and oxygen atoms in total. The molecule has 3 aromatic rings. The number of methoxy groups -OCH3 is 2. The second-order valence-electron chi connectivity index (χ2n) is 8.07. The summed E-state index contributed by atoms with van der Waals surface area (Å²) in [4.78, 5) is 12.8. The number of carbonyl (C=O) groups excluding carboxylic acids is 1. The molecule has 4 rings (SSSR count). The van der Waals surface area contributed by atoms with E-state index in [1.54, 1.807) is 25.3 Å². The summed E-state index contributed by atoms with van der Waals surface area (Å²) in [6.45, 7) is 3.05. The molecule has 0 unspecified atom stereocenters. The van der Waals surface area contributed by atoms with Crippen molar-refractivity contribution in [2.45, 2.75) is 24.7 Å². The number of sulfonamides is 1. The van der Waals surface area contributed by atoms with Crippen molar-refractivity contribution in [1.82, 2.24) is 14.5 Å². The maximum absolute atomic E-state index is 12.9. The first kappa shape index (κ1) is 23.7. The van der Waals surface area contributed by atoms with Gasteiger partial charge < -0.3 is 13.9 Å². The molecule has 1 atom stereocenters. The lowest BCUT2D eigenvalue weighted by molar-refractivity contribution is 0.102. The number of anilines is 1. The summed E-state index contributed by atoms with van der Waals surface area (Å²) in [7, 11) is -0.542. The molecule has 1 fully saturated rings. The molecule has 0 bridgehead atoms. The fourth-order valence-corrected chi connectivity index (χ4v) is 5.42. The van der Waals surface area contributed by atoms with Gasteiger partial charge in [0, 0.05) is 24.7 Å². The maximum Gasteiger partial charge on any atom is 0.322 e. The fourth-order valence-electron chi connectivity index (χ4n) is 3.82. The van der Waals surface area contributed by atoms with Crippen molar-refractivity contribution in [3.63, 3.8) is 0 Å². The quantitative estimate of drug-likeness (QED) is 0.539. The SMILES string of the molecule is COc1ccc(-c2nnc(NC(=O)c3ccc(S(=O)(=O)N4CCC[C@@H](C)C4)cc3)o2)c(OC)c1. The van der Waals surface area contributed by atoms with Crippen LogP contribution in [-0.4, -0.2) is 56.1 Å². The molecule has 1 amide bonds. The van der Waals surface area contributed by atoms with Gasteiger partial charge in [-0.25, -0.2) is 8.42 Å². The van der Waals surface area contributed by atoms with E-state index in [0.29, 0.717) is 36.1 Å². The first-order valence-corrected chi connectivity index (χ1v) is 12.2. The van der Waals surface area contributed by atoms with Crippen molar-refractivity contribution in [3.05, 3.63) is 48.0 Å². The first-order chi connectivity index (χ1) is 16.3. The molecule has 1 aromatic heterocycles. The number of carbonyl (C=O) groups is 1. The number of hydrogen-bond donors (Lipinski definition) is 1. The van der Waals surface area contributed by atoms with Crippen molar-refractivity contribution < 1.29 is 27.1 Å². The molecule has 1 N–H and O–H groups in total. The Bertz CT molecular complexity index is 1270. The zero-order chi connectivity index (χ0) is 24.3. The van der Waals surface area contributed by atoms with Crippen molar-refractivity contribution in [3.8, 4) is 23.0 Å². The molecule has 1 saturated heterocycles. The van der Waals surface area contributed by atoms with Crippen LogP contribution < -0.4 is 14.8 Å². The number of rotatable bonds is 7. The molecular formula is C23H26N4O6S. The number of hydrogen-bond acceptors (Lipinski definition) is 8. The number of piperidine rings is 1.